The minimum atomic E-state index is 0.0800. The molecule has 0 rings (SSSR count). The van der Waals surface area contributed by atoms with E-state index < -0.39 is 0 Å². The summed E-state index contributed by atoms with van der Waals surface area (Å²) in [6.45, 7) is 4.01. The topological polar surface area (TPSA) is 20.2 Å². The van der Waals surface area contributed by atoms with Gasteiger partial charge in [-0.25, -0.2) is 0 Å². The molecule has 0 bridgehead atoms. The van der Waals surface area contributed by atoms with E-state index in [2.05, 4.69) is 12.2 Å². The second-order valence-corrected chi connectivity index (χ2v) is 3.40. The molecule has 0 aromatic carbocycles. The zero-order chi connectivity index (χ0) is 12.8. The van der Waals surface area contributed by atoms with Crippen molar-refractivity contribution in [3.8, 4) is 0 Å². The monoisotopic (exact) mass is 230 g/mol. The van der Waals surface area contributed by atoms with Crippen LogP contribution in [0.25, 0.3) is 0 Å². The van der Waals surface area contributed by atoms with Crippen molar-refractivity contribution in [3.05, 3.63) is 72.4 Å². The Bertz CT molecular complexity index is 339. The molecule has 0 fully saturated rings. The first-order chi connectivity index (χ1) is 8.35. The molecule has 1 heteroatoms. The zero-order valence-corrected chi connectivity index (χ0v) is 10.7. The third-order valence-electron chi connectivity index (χ3n) is 1.94. The molecule has 0 aromatic heterocycles. The van der Waals surface area contributed by atoms with Crippen LogP contribution in [-0.4, -0.2) is 11.7 Å². The van der Waals surface area contributed by atoms with Crippen molar-refractivity contribution >= 4 is 0 Å². The van der Waals surface area contributed by atoms with Crippen molar-refractivity contribution < 1.29 is 5.11 Å². The smallest absolute Gasteiger partial charge is 0.0681 e. The van der Waals surface area contributed by atoms with Gasteiger partial charge in [0.1, 0.15) is 0 Å². The van der Waals surface area contributed by atoms with Crippen LogP contribution in [0.15, 0.2) is 72.4 Å². The molecular formula is C16H22O. The molecule has 0 heterocycles. The molecule has 0 unspecified atom stereocenters. The fourth-order valence-electron chi connectivity index (χ4n) is 1.12. The molecule has 0 spiro atoms. The van der Waals surface area contributed by atoms with Gasteiger partial charge < -0.3 is 5.11 Å². The SMILES string of the molecule is C/C=C/C=C/C=C/C/C=C/C=C(/C=C/C)CO. The number of hydrogen-bond donors (Lipinski definition) is 1. The summed E-state index contributed by atoms with van der Waals surface area (Å²) < 4.78 is 0. The van der Waals surface area contributed by atoms with Crippen LogP contribution in [0.2, 0.25) is 0 Å². The highest BCUT2D eigenvalue weighted by Gasteiger charge is 1.83. The van der Waals surface area contributed by atoms with Crippen LogP contribution in [-0.2, 0) is 0 Å². The van der Waals surface area contributed by atoms with Gasteiger partial charge in [0, 0.05) is 0 Å². The molecular weight excluding hydrogens is 208 g/mol. The number of allylic oxidation sites excluding steroid dienone is 10. The van der Waals surface area contributed by atoms with Gasteiger partial charge in [0.25, 0.3) is 0 Å². The lowest BCUT2D eigenvalue weighted by molar-refractivity contribution is 0.335. The predicted octanol–water partition coefficient (Wildman–Crippen LogP) is 4.12. The average molecular weight is 230 g/mol. The first kappa shape index (κ1) is 15.4. The Labute approximate surface area is 105 Å². The second-order valence-electron chi connectivity index (χ2n) is 3.40. The molecule has 0 aliphatic rings. The number of hydrogen-bond acceptors (Lipinski definition) is 1. The van der Waals surface area contributed by atoms with Gasteiger partial charge in [-0.1, -0.05) is 66.8 Å². The Morgan fingerprint density at radius 2 is 1.59 bits per heavy atom. The van der Waals surface area contributed by atoms with Gasteiger partial charge in [0.05, 0.1) is 6.61 Å². The van der Waals surface area contributed by atoms with Gasteiger partial charge in [-0.05, 0) is 25.8 Å². The van der Waals surface area contributed by atoms with Crippen molar-refractivity contribution in [1.29, 1.82) is 0 Å². The maximum Gasteiger partial charge on any atom is 0.0681 e. The Morgan fingerprint density at radius 1 is 0.882 bits per heavy atom. The first-order valence-electron chi connectivity index (χ1n) is 5.88. The largest absolute Gasteiger partial charge is 0.392 e. The van der Waals surface area contributed by atoms with E-state index in [0.29, 0.717) is 0 Å². The number of aliphatic hydroxyl groups is 1. The van der Waals surface area contributed by atoms with Gasteiger partial charge in [-0.15, -0.1) is 0 Å². The molecule has 0 radical (unpaired) electrons. The standard InChI is InChI=1S/C16H22O/c1-3-5-6-7-8-9-10-11-12-14-16(15-17)13-4-2/h3-9,11-14,17H,10,15H2,1-2H3/b5-3+,7-6+,9-8+,12-11+,13-4+,16-14-. The Hall–Kier alpha value is -1.60. The third-order valence-corrected chi connectivity index (χ3v) is 1.94. The first-order valence-corrected chi connectivity index (χ1v) is 5.88. The number of rotatable bonds is 7. The molecule has 1 nitrogen and oxygen atoms in total. The van der Waals surface area contributed by atoms with E-state index in [-0.39, 0.29) is 6.61 Å². The van der Waals surface area contributed by atoms with Crippen molar-refractivity contribution in [2.75, 3.05) is 6.61 Å². The van der Waals surface area contributed by atoms with Crippen LogP contribution < -0.4 is 0 Å². The summed E-state index contributed by atoms with van der Waals surface area (Å²) in [7, 11) is 0. The molecule has 92 valence electrons. The summed E-state index contributed by atoms with van der Waals surface area (Å²) in [6.07, 6.45) is 22.7. The van der Waals surface area contributed by atoms with E-state index in [4.69, 9.17) is 5.11 Å². The summed E-state index contributed by atoms with van der Waals surface area (Å²) >= 11 is 0. The van der Waals surface area contributed by atoms with Crippen LogP contribution >= 0.6 is 0 Å². The lowest BCUT2D eigenvalue weighted by atomic mass is 10.2. The van der Waals surface area contributed by atoms with Gasteiger partial charge in [0.15, 0.2) is 0 Å². The van der Waals surface area contributed by atoms with Crippen LogP contribution in [0, 0.1) is 0 Å². The van der Waals surface area contributed by atoms with Gasteiger partial charge in [-0.3, -0.25) is 0 Å². The van der Waals surface area contributed by atoms with E-state index in [9.17, 15) is 0 Å². The molecule has 0 aliphatic carbocycles. The minimum Gasteiger partial charge on any atom is -0.392 e. The predicted molar refractivity (Wildman–Crippen MR) is 76.8 cm³/mol. The Kier molecular flexibility index (Phi) is 11.3. The van der Waals surface area contributed by atoms with Crippen molar-refractivity contribution in [1.82, 2.24) is 0 Å². The molecule has 0 amide bonds. The van der Waals surface area contributed by atoms with Crippen LogP contribution in [0.3, 0.4) is 0 Å². The quantitative estimate of drug-likeness (QED) is 0.652. The highest BCUT2D eigenvalue weighted by Crippen LogP contribution is 1.97. The second kappa shape index (κ2) is 12.5. The Morgan fingerprint density at radius 3 is 2.24 bits per heavy atom. The summed E-state index contributed by atoms with van der Waals surface area (Å²) in [5, 5.41) is 9.00. The molecule has 0 saturated carbocycles. The lowest BCUT2D eigenvalue weighted by Gasteiger charge is -1.91. The molecule has 1 N–H and O–H groups in total. The van der Waals surface area contributed by atoms with Gasteiger partial charge in [0.2, 0.25) is 0 Å². The molecule has 17 heavy (non-hydrogen) atoms. The molecule has 0 aliphatic heterocycles. The summed E-state index contributed by atoms with van der Waals surface area (Å²) in [4.78, 5) is 0. The summed E-state index contributed by atoms with van der Waals surface area (Å²) in [5.74, 6) is 0. The van der Waals surface area contributed by atoms with Crippen LogP contribution in [0.1, 0.15) is 20.3 Å². The average Bonchev–Trinajstić information content (AvgIpc) is 2.35. The zero-order valence-electron chi connectivity index (χ0n) is 10.7. The van der Waals surface area contributed by atoms with Crippen molar-refractivity contribution in [3.63, 3.8) is 0 Å². The number of aliphatic hydroxyl groups excluding tert-OH is 1. The normalized spacial score (nSPS) is 14.4. The fraction of sp³-hybridized carbons (Fsp3) is 0.250. The highest BCUT2D eigenvalue weighted by molar-refractivity contribution is 5.24. The van der Waals surface area contributed by atoms with E-state index in [0.717, 1.165) is 12.0 Å². The fourth-order valence-corrected chi connectivity index (χ4v) is 1.12. The Balaban J connectivity index is 3.95. The van der Waals surface area contributed by atoms with Gasteiger partial charge in [-0.2, -0.15) is 0 Å². The maximum atomic E-state index is 9.00. The summed E-state index contributed by atoms with van der Waals surface area (Å²) in [6, 6.07) is 0. The highest BCUT2D eigenvalue weighted by atomic mass is 16.3. The maximum absolute atomic E-state index is 9.00. The molecule has 0 saturated heterocycles. The third kappa shape index (κ3) is 10.7. The summed E-state index contributed by atoms with van der Waals surface area (Å²) in [5.41, 5.74) is 0.917. The molecule has 0 atom stereocenters. The van der Waals surface area contributed by atoms with Crippen molar-refractivity contribution in [2.45, 2.75) is 20.3 Å². The van der Waals surface area contributed by atoms with Crippen LogP contribution in [0.5, 0.6) is 0 Å². The van der Waals surface area contributed by atoms with Gasteiger partial charge >= 0.3 is 0 Å². The minimum absolute atomic E-state index is 0.0800. The van der Waals surface area contributed by atoms with E-state index in [1.54, 1.807) is 0 Å². The van der Waals surface area contributed by atoms with E-state index in [1.165, 1.54) is 0 Å². The van der Waals surface area contributed by atoms with E-state index >= 15 is 0 Å². The lowest BCUT2D eigenvalue weighted by Crippen LogP contribution is -1.83. The van der Waals surface area contributed by atoms with Crippen LogP contribution in [0.4, 0.5) is 0 Å². The van der Waals surface area contributed by atoms with E-state index in [1.807, 2.05) is 68.5 Å². The molecule has 0 aromatic rings. The van der Waals surface area contributed by atoms with Crippen molar-refractivity contribution in [2.24, 2.45) is 0 Å².